The molecule has 2 nitrogen and oxygen atoms in total. The molecule has 0 aliphatic rings. The third kappa shape index (κ3) is 3.82. The normalized spacial score (nSPS) is 12.6. The average Bonchev–Trinajstić information content (AvgIpc) is 2.88. The molecule has 1 N–H and O–H groups in total. The van der Waals surface area contributed by atoms with Crippen LogP contribution in [0.25, 0.3) is 0 Å². The Labute approximate surface area is 117 Å². The average molecular weight is 282 g/mol. The molecular formula is C15H17ClFNO. The Kier molecular flexibility index (Phi) is 5.00. The fourth-order valence-electron chi connectivity index (χ4n) is 2.14. The van der Waals surface area contributed by atoms with Crippen LogP contribution in [0.5, 0.6) is 0 Å². The summed E-state index contributed by atoms with van der Waals surface area (Å²) in [6.45, 7) is 2.79. The van der Waals surface area contributed by atoms with Gasteiger partial charge in [-0.05, 0) is 37.2 Å². The molecule has 1 heterocycles. The zero-order valence-electron chi connectivity index (χ0n) is 10.8. The lowest BCUT2D eigenvalue weighted by Crippen LogP contribution is -2.22. The maximum absolute atomic E-state index is 13.9. The van der Waals surface area contributed by atoms with Gasteiger partial charge in [-0.25, -0.2) is 4.39 Å². The number of halogens is 2. The first kappa shape index (κ1) is 14.1. The fraction of sp³-hybridized carbons (Fsp3) is 0.333. The molecule has 1 aromatic heterocycles. The minimum Gasteiger partial charge on any atom is -0.469 e. The first-order chi connectivity index (χ1) is 9.20. The van der Waals surface area contributed by atoms with E-state index in [0.717, 1.165) is 25.1 Å². The van der Waals surface area contributed by atoms with E-state index < -0.39 is 0 Å². The Morgan fingerprint density at radius 3 is 2.84 bits per heavy atom. The van der Waals surface area contributed by atoms with Crippen molar-refractivity contribution in [1.29, 1.82) is 0 Å². The molecule has 1 atom stereocenters. The van der Waals surface area contributed by atoms with E-state index in [2.05, 4.69) is 5.32 Å². The first-order valence-corrected chi connectivity index (χ1v) is 6.79. The fourth-order valence-corrected chi connectivity index (χ4v) is 2.30. The largest absolute Gasteiger partial charge is 0.469 e. The number of nitrogens with one attached hydrogen (secondary N) is 1. The van der Waals surface area contributed by atoms with E-state index in [4.69, 9.17) is 16.0 Å². The summed E-state index contributed by atoms with van der Waals surface area (Å²) < 4.78 is 19.2. The second-order valence-electron chi connectivity index (χ2n) is 4.39. The highest BCUT2D eigenvalue weighted by Crippen LogP contribution is 2.24. The predicted molar refractivity (Wildman–Crippen MR) is 74.9 cm³/mol. The van der Waals surface area contributed by atoms with Gasteiger partial charge in [0.15, 0.2) is 0 Å². The molecule has 0 bridgehead atoms. The van der Waals surface area contributed by atoms with E-state index in [1.165, 1.54) is 6.07 Å². The van der Waals surface area contributed by atoms with E-state index in [1.54, 1.807) is 18.4 Å². The summed E-state index contributed by atoms with van der Waals surface area (Å²) in [4.78, 5) is 0. The van der Waals surface area contributed by atoms with E-state index >= 15 is 0 Å². The van der Waals surface area contributed by atoms with E-state index in [0.29, 0.717) is 10.6 Å². The quantitative estimate of drug-likeness (QED) is 0.851. The third-order valence-corrected chi connectivity index (χ3v) is 3.28. The van der Waals surface area contributed by atoms with Gasteiger partial charge in [0.1, 0.15) is 11.6 Å². The molecule has 0 aliphatic heterocycles. The lowest BCUT2D eigenvalue weighted by atomic mass is 10.0. The van der Waals surface area contributed by atoms with E-state index in [-0.39, 0.29) is 11.9 Å². The second kappa shape index (κ2) is 6.73. The highest BCUT2D eigenvalue weighted by molar-refractivity contribution is 6.30. The van der Waals surface area contributed by atoms with Crippen molar-refractivity contribution in [3.63, 3.8) is 0 Å². The monoisotopic (exact) mass is 281 g/mol. The number of aryl methyl sites for hydroxylation is 1. The molecule has 0 spiro atoms. The molecule has 0 radical (unpaired) electrons. The summed E-state index contributed by atoms with van der Waals surface area (Å²) in [6.07, 6.45) is 3.20. The van der Waals surface area contributed by atoms with E-state index in [1.807, 2.05) is 19.1 Å². The molecule has 2 aromatic rings. The van der Waals surface area contributed by atoms with Gasteiger partial charge in [-0.1, -0.05) is 24.6 Å². The zero-order valence-corrected chi connectivity index (χ0v) is 11.6. The number of benzene rings is 1. The minimum atomic E-state index is -0.266. The lowest BCUT2D eigenvalue weighted by Gasteiger charge is -2.18. The van der Waals surface area contributed by atoms with Gasteiger partial charge >= 0.3 is 0 Å². The van der Waals surface area contributed by atoms with E-state index in [9.17, 15) is 4.39 Å². The number of hydrogen-bond donors (Lipinski definition) is 1. The minimum absolute atomic E-state index is 0.0348. The van der Waals surface area contributed by atoms with Crippen LogP contribution in [-0.2, 0) is 6.42 Å². The first-order valence-electron chi connectivity index (χ1n) is 6.41. The van der Waals surface area contributed by atoms with Crippen LogP contribution in [0.15, 0.2) is 41.0 Å². The summed E-state index contributed by atoms with van der Waals surface area (Å²) in [5.41, 5.74) is 0.651. The van der Waals surface area contributed by atoms with Crippen LogP contribution in [0.4, 0.5) is 4.39 Å². The Morgan fingerprint density at radius 2 is 2.21 bits per heavy atom. The molecular weight excluding hydrogens is 265 g/mol. The predicted octanol–water partition coefficient (Wildman–Crippen LogP) is 4.36. The van der Waals surface area contributed by atoms with Crippen molar-refractivity contribution in [2.45, 2.75) is 25.8 Å². The van der Waals surface area contributed by atoms with Crippen molar-refractivity contribution in [1.82, 2.24) is 5.32 Å². The van der Waals surface area contributed by atoms with Gasteiger partial charge in [0.05, 0.1) is 6.26 Å². The van der Waals surface area contributed by atoms with Crippen LogP contribution in [-0.4, -0.2) is 6.54 Å². The van der Waals surface area contributed by atoms with Crippen LogP contribution >= 0.6 is 11.6 Å². The molecule has 2 rings (SSSR count). The Morgan fingerprint density at radius 1 is 1.37 bits per heavy atom. The lowest BCUT2D eigenvalue weighted by molar-refractivity contribution is 0.447. The van der Waals surface area contributed by atoms with Crippen molar-refractivity contribution >= 4 is 11.6 Å². The smallest absolute Gasteiger partial charge is 0.129 e. The van der Waals surface area contributed by atoms with Crippen molar-refractivity contribution in [2.75, 3.05) is 6.54 Å². The van der Waals surface area contributed by atoms with Crippen molar-refractivity contribution in [3.8, 4) is 0 Å². The molecule has 1 unspecified atom stereocenters. The topological polar surface area (TPSA) is 25.2 Å². The zero-order chi connectivity index (χ0) is 13.7. The SMILES string of the molecule is CCNC(CCc1ccco1)c1ccc(Cl)cc1F. The molecule has 0 fully saturated rings. The van der Waals surface area contributed by atoms with Gasteiger partial charge in [0, 0.05) is 23.0 Å². The molecule has 0 aliphatic carbocycles. The molecule has 1 aromatic carbocycles. The molecule has 0 saturated carbocycles. The van der Waals surface area contributed by atoms with Crippen molar-refractivity contribution < 1.29 is 8.81 Å². The highest BCUT2D eigenvalue weighted by atomic mass is 35.5. The van der Waals surface area contributed by atoms with Crippen molar-refractivity contribution in [2.24, 2.45) is 0 Å². The Balaban J connectivity index is 2.10. The molecule has 0 amide bonds. The summed E-state index contributed by atoms with van der Waals surface area (Å²) in [7, 11) is 0. The van der Waals surface area contributed by atoms with Gasteiger partial charge in [-0.2, -0.15) is 0 Å². The number of furan rings is 1. The summed E-state index contributed by atoms with van der Waals surface area (Å²) >= 11 is 5.78. The molecule has 19 heavy (non-hydrogen) atoms. The summed E-state index contributed by atoms with van der Waals surface area (Å²) in [5.74, 6) is 0.648. The molecule has 102 valence electrons. The summed E-state index contributed by atoms with van der Waals surface area (Å²) in [6, 6.07) is 8.58. The van der Waals surface area contributed by atoms with Crippen LogP contribution in [0, 0.1) is 5.82 Å². The van der Waals surface area contributed by atoms with Gasteiger partial charge in [0.25, 0.3) is 0 Å². The standard InChI is InChI=1S/C15H17ClFNO/c1-2-18-15(8-6-12-4-3-9-19-12)13-7-5-11(16)10-14(13)17/h3-5,7,9-10,15,18H,2,6,8H2,1H3. The maximum atomic E-state index is 13.9. The molecule has 4 heteroatoms. The Hall–Kier alpha value is -1.32. The van der Waals surface area contributed by atoms with Gasteiger partial charge in [0.2, 0.25) is 0 Å². The maximum Gasteiger partial charge on any atom is 0.129 e. The number of hydrogen-bond acceptors (Lipinski definition) is 2. The van der Waals surface area contributed by atoms with Crippen LogP contribution in [0.2, 0.25) is 5.02 Å². The van der Waals surface area contributed by atoms with Crippen molar-refractivity contribution in [3.05, 3.63) is 58.8 Å². The molecule has 0 saturated heterocycles. The van der Waals surface area contributed by atoms with Crippen LogP contribution in [0.3, 0.4) is 0 Å². The van der Waals surface area contributed by atoms with Crippen LogP contribution in [0.1, 0.15) is 30.7 Å². The van der Waals surface area contributed by atoms with Gasteiger partial charge < -0.3 is 9.73 Å². The summed E-state index contributed by atoms with van der Waals surface area (Å²) in [5, 5.41) is 3.72. The number of rotatable bonds is 6. The van der Waals surface area contributed by atoms with Crippen LogP contribution < -0.4 is 5.32 Å². The van der Waals surface area contributed by atoms with Gasteiger partial charge in [-0.3, -0.25) is 0 Å². The second-order valence-corrected chi connectivity index (χ2v) is 4.83. The van der Waals surface area contributed by atoms with Gasteiger partial charge in [-0.15, -0.1) is 0 Å². The third-order valence-electron chi connectivity index (χ3n) is 3.05. The highest BCUT2D eigenvalue weighted by Gasteiger charge is 2.15. The Bertz CT molecular complexity index is 513.